The summed E-state index contributed by atoms with van der Waals surface area (Å²) >= 11 is 0. The molecule has 0 unspecified atom stereocenters. The van der Waals surface area contributed by atoms with Crippen LogP contribution in [0.3, 0.4) is 0 Å². The van der Waals surface area contributed by atoms with Crippen LogP contribution in [0.4, 0.5) is 5.69 Å². The van der Waals surface area contributed by atoms with E-state index in [1.165, 1.54) is 0 Å². The van der Waals surface area contributed by atoms with E-state index in [9.17, 15) is 9.59 Å². The van der Waals surface area contributed by atoms with Gasteiger partial charge in [-0.3, -0.25) is 9.59 Å². The summed E-state index contributed by atoms with van der Waals surface area (Å²) in [5.74, 6) is 0.157. The molecule has 0 heterocycles. The fourth-order valence-corrected chi connectivity index (χ4v) is 2.39. The van der Waals surface area contributed by atoms with Gasteiger partial charge in [-0.15, -0.1) is 0 Å². The van der Waals surface area contributed by atoms with Crippen LogP contribution in [0.1, 0.15) is 44.0 Å². The highest BCUT2D eigenvalue weighted by molar-refractivity contribution is 6.04. The standard InChI is InChI=1S/C21H26N2O3/c1-4-15(3)22-20(24)17-13-9-10-14-18(17)23-21(25)19(5-2)26-16-11-7-6-8-12-16/h6-15,19H,4-5H2,1-3H3,(H,22,24)(H,23,25)/t15-,19-/m1/s1. The topological polar surface area (TPSA) is 67.4 Å². The lowest BCUT2D eigenvalue weighted by Crippen LogP contribution is -2.35. The van der Waals surface area contributed by atoms with E-state index in [0.717, 1.165) is 6.42 Å². The molecule has 0 aliphatic carbocycles. The first kappa shape index (κ1) is 19.5. The normalized spacial score (nSPS) is 12.7. The number of benzene rings is 2. The molecule has 2 rings (SSSR count). The Bertz CT molecular complexity index is 731. The van der Waals surface area contributed by atoms with Crippen molar-refractivity contribution >= 4 is 17.5 Å². The van der Waals surface area contributed by atoms with Crippen molar-refractivity contribution in [3.63, 3.8) is 0 Å². The maximum Gasteiger partial charge on any atom is 0.265 e. The first-order valence-electron chi connectivity index (χ1n) is 8.97. The van der Waals surface area contributed by atoms with Gasteiger partial charge in [0.1, 0.15) is 5.75 Å². The summed E-state index contributed by atoms with van der Waals surface area (Å²) in [7, 11) is 0. The van der Waals surface area contributed by atoms with Gasteiger partial charge in [-0.1, -0.05) is 44.2 Å². The molecule has 0 saturated heterocycles. The second kappa shape index (κ2) is 9.61. The summed E-state index contributed by atoms with van der Waals surface area (Å²) in [6.45, 7) is 5.83. The number of anilines is 1. The van der Waals surface area contributed by atoms with Crippen LogP contribution in [0.5, 0.6) is 5.75 Å². The third-order valence-electron chi connectivity index (χ3n) is 4.10. The molecular formula is C21H26N2O3. The SMILES string of the molecule is CC[C@@H](C)NC(=O)c1ccccc1NC(=O)[C@@H](CC)Oc1ccccc1. The molecule has 0 bridgehead atoms. The van der Waals surface area contributed by atoms with Gasteiger partial charge < -0.3 is 15.4 Å². The zero-order chi connectivity index (χ0) is 18.9. The van der Waals surface area contributed by atoms with Crippen molar-refractivity contribution in [1.82, 2.24) is 5.32 Å². The lowest BCUT2D eigenvalue weighted by molar-refractivity contribution is -0.122. The summed E-state index contributed by atoms with van der Waals surface area (Å²) in [6, 6.07) is 16.3. The fraction of sp³-hybridized carbons (Fsp3) is 0.333. The zero-order valence-corrected chi connectivity index (χ0v) is 15.5. The summed E-state index contributed by atoms with van der Waals surface area (Å²) in [6.07, 6.45) is 0.716. The molecule has 2 aromatic rings. The van der Waals surface area contributed by atoms with Crippen LogP contribution in [-0.2, 0) is 4.79 Å². The number of amides is 2. The summed E-state index contributed by atoms with van der Waals surface area (Å²) < 4.78 is 5.77. The minimum Gasteiger partial charge on any atom is -0.481 e. The van der Waals surface area contributed by atoms with E-state index in [1.807, 2.05) is 51.1 Å². The van der Waals surface area contributed by atoms with Crippen molar-refractivity contribution < 1.29 is 14.3 Å². The molecule has 0 spiro atoms. The number of para-hydroxylation sites is 2. The van der Waals surface area contributed by atoms with E-state index in [-0.39, 0.29) is 17.9 Å². The highest BCUT2D eigenvalue weighted by Crippen LogP contribution is 2.18. The van der Waals surface area contributed by atoms with Crippen molar-refractivity contribution in [2.45, 2.75) is 45.8 Å². The van der Waals surface area contributed by atoms with Gasteiger partial charge in [0, 0.05) is 6.04 Å². The molecular weight excluding hydrogens is 328 g/mol. The highest BCUT2D eigenvalue weighted by Gasteiger charge is 2.21. The molecule has 2 amide bonds. The van der Waals surface area contributed by atoms with Crippen molar-refractivity contribution in [3.8, 4) is 5.75 Å². The Kier molecular flexibility index (Phi) is 7.21. The Hall–Kier alpha value is -2.82. The Morgan fingerprint density at radius 3 is 2.27 bits per heavy atom. The van der Waals surface area contributed by atoms with Crippen molar-refractivity contribution in [2.75, 3.05) is 5.32 Å². The molecule has 0 radical (unpaired) electrons. The van der Waals surface area contributed by atoms with Crippen LogP contribution in [0.25, 0.3) is 0 Å². The Balaban J connectivity index is 2.11. The van der Waals surface area contributed by atoms with Crippen LogP contribution in [0, 0.1) is 0 Å². The molecule has 5 heteroatoms. The second-order valence-corrected chi connectivity index (χ2v) is 6.15. The van der Waals surface area contributed by atoms with Crippen LogP contribution >= 0.6 is 0 Å². The van der Waals surface area contributed by atoms with E-state index >= 15 is 0 Å². The van der Waals surface area contributed by atoms with Crippen LogP contribution < -0.4 is 15.4 Å². The number of hydrogen-bond acceptors (Lipinski definition) is 3. The predicted octanol–water partition coefficient (Wildman–Crippen LogP) is 4.01. The molecule has 0 saturated carbocycles. The minimum absolute atomic E-state index is 0.0658. The quantitative estimate of drug-likeness (QED) is 0.753. The predicted molar refractivity (Wildman–Crippen MR) is 103 cm³/mol. The van der Waals surface area contributed by atoms with Crippen LogP contribution in [0.15, 0.2) is 54.6 Å². The first-order valence-corrected chi connectivity index (χ1v) is 8.97. The largest absolute Gasteiger partial charge is 0.481 e. The summed E-state index contributed by atoms with van der Waals surface area (Å²) in [4.78, 5) is 25.1. The van der Waals surface area contributed by atoms with Gasteiger partial charge in [-0.2, -0.15) is 0 Å². The summed E-state index contributed by atoms with van der Waals surface area (Å²) in [5, 5.41) is 5.75. The molecule has 0 aliphatic rings. The number of hydrogen-bond donors (Lipinski definition) is 2. The van der Waals surface area contributed by atoms with E-state index in [1.54, 1.807) is 24.3 Å². The third kappa shape index (κ3) is 5.34. The third-order valence-corrected chi connectivity index (χ3v) is 4.10. The molecule has 5 nitrogen and oxygen atoms in total. The number of nitrogens with one attached hydrogen (secondary N) is 2. The average Bonchev–Trinajstić information content (AvgIpc) is 2.67. The second-order valence-electron chi connectivity index (χ2n) is 6.15. The lowest BCUT2D eigenvalue weighted by Gasteiger charge is -2.19. The Morgan fingerprint density at radius 1 is 0.962 bits per heavy atom. The van der Waals surface area contributed by atoms with Crippen molar-refractivity contribution in [1.29, 1.82) is 0 Å². The molecule has 2 aromatic carbocycles. The number of carbonyl (C=O) groups is 2. The minimum atomic E-state index is -0.636. The van der Waals surface area contributed by atoms with Gasteiger partial charge in [0.15, 0.2) is 6.10 Å². The monoisotopic (exact) mass is 354 g/mol. The maximum absolute atomic E-state index is 12.6. The van der Waals surface area contributed by atoms with Crippen LogP contribution in [-0.4, -0.2) is 24.0 Å². The van der Waals surface area contributed by atoms with Crippen molar-refractivity contribution in [3.05, 3.63) is 60.2 Å². The van der Waals surface area contributed by atoms with Gasteiger partial charge in [-0.05, 0) is 44.0 Å². The molecule has 0 aliphatic heterocycles. The van der Waals surface area contributed by atoms with E-state index in [4.69, 9.17) is 4.74 Å². The van der Waals surface area contributed by atoms with Gasteiger partial charge in [0.05, 0.1) is 11.3 Å². The fourth-order valence-electron chi connectivity index (χ4n) is 2.39. The maximum atomic E-state index is 12.6. The lowest BCUT2D eigenvalue weighted by atomic mass is 10.1. The Morgan fingerprint density at radius 2 is 1.62 bits per heavy atom. The first-order chi connectivity index (χ1) is 12.5. The number of ether oxygens (including phenoxy) is 1. The molecule has 0 aromatic heterocycles. The zero-order valence-electron chi connectivity index (χ0n) is 15.5. The average molecular weight is 354 g/mol. The number of rotatable bonds is 8. The van der Waals surface area contributed by atoms with Gasteiger partial charge >= 0.3 is 0 Å². The van der Waals surface area contributed by atoms with Crippen LogP contribution in [0.2, 0.25) is 0 Å². The van der Waals surface area contributed by atoms with Gasteiger partial charge in [0.2, 0.25) is 0 Å². The molecule has 26 heavy (non-hydrogen) atoms. The number of carbonyl (C=O) groups excluding carboxylic acids is 2. The smallest absolute Gasteiger partial charge is 0.265 e. The molecule has 2 N–H and O–H groups in total. The molecule has 138 valence electrons. The van der Waals surface area contributed by atoms with E-state index in [2.05, 4.69) is 10.6 Å². The van der Waals surface area contributed by atoms with Crippen molar-refractivity contribution in [2.24, 2.45) is 0 Å². The molecule has 2 atom stereocenters. The molecule has 0 fully saturated rings. The Labute approximate surface area is 154 Å². The van der Waals surface area contributed by atoms with E-state index < -0.39 is 6.10 Å². The van der Waals surface area contributed by atoms with Gasteiger partial charge in [-0.25, -0.2) is 0 Å². The summed E-state index contributed by atoms with van der Waals surface area (Å²) in [5.41, 5.74) is 0.920. The van der Waals surface area contributed by atoms with Gasteiger partial charge in [0.25, 0.3) is 11.8 Å². The highest BCUT2D eigenvalue weighted by atomic mass is 16.5. The van der Waals surface area contributed by atoms with E-state index in [0.29, 0.717) is 23.4 Å².